The summed E-state index contributed by atoms with van der Waals surface area (Å²) < 4.78 is 4.89. The zero-order chi connectivity index (χ0) is 10.4. The van der Waals surface area contributed by atoms with E-state index in [-0.39, 0.29) is 5.78 Å². The van der Waals surface area contributed by atoms with Crippen molar-refractivity contribution in [3.05, 3.63) is 36.1 Å². The second-order valence-corrected chi connectivity index (χ2v) is 2.75. The van der Waals surface area contributed by atoms with Crippen LogP contribution in [0.1, 0.15) is 20.3 Å². The molecule has 0 radical (unpaired) electrons. The molecule has 13 heavy (non-hydrogen) atoms. The van der Waals surface area contributed by atoms with E-state index >= 15 is 0 Å². The minimum absolute atomic E-state index is 0.0542. The molecule has 0 bridgehead atoms. The number of rotatable bonds is 5. The van der Waals surface area contributed by atoms with Gasteiger partial charge in [0.15, 0.2) is 5.78 Å². The minimum atomic E-state index is -0.0542. The summed E-state index contributed by atoms with van der Waals surface area (Å²) in [4.78, 5) is 11.1. The van der Waals surface area contributed by atoms with Crippen LogP contribution in [0.5, 0.6) is 0 Å². The Hall–Kier alpha value is -1.31. The maximum atomic E-state index is 11.1. The third kappa shape index (κ3) is 3.74. The molecule has 2 nitrogen and oxygen atoms in total. The minimum Gasteiger partial charge on any atom is -0.497 e. The Kier molecular flexibility index (Phi) is 4.82. The Balaban J connectivity index is 4.81. The van der Waals surface area contributed by atoms with Gasteiger partial charge in [-0.1, -0.05) is 25.7 Å². The van der Waals surface area contributed by atoms with E-state index in [2.05, 4.69) is 13.2 Å². The third-order valence-electron chi connectivity index (χ3n) is 1.73. The third-order valence-corrected chi connectivity index (χ3v) is 1.73. The zero-order valence-corrected chi connectivity index (χ0v) is 8.52. The van der Waals surface area contributed by atoms with Gasteiger partial charge < -0.3 is 4.74 Å². The largest absolute Gasteiger partial charge is 0.497 e. The van der Waals surface area contributed by atoms with Gasteiger partial charge in [0, 0.05) is 0 Å². The highest BCUT2D eigenvalue weighted by Crippen LogP contribution is 2.13. The van der Waals surface area contributed by atoms with Crippen molar-refractivity contribution in [1.29, 1.82) is 0 Å². The van der Waals surface area contributed by atoms with Crippen LogP contribution in [0.2, 0.25) is 0 Å². The number of hydrogen-bond donors (Lipinski definition) is 0. The van der Waals surface area contributed by atoms with Crippen LogP contribution in [-0.2, 0) is 9.53 Å². The summed E-state index contributed by atoms with van der Waals surface area (Å²) in [5, 5.41) is 0. The fourth-order valence-electron chi connectivity index (χ4n) is 0.795. The first kappa shape index (κ1) is 11.7. The summed E-state index contributed by atoms with van der Waals surface area (Å²) in [7, 11) is 1.49. The van der Waals surface area contributed by atoms with Crippen molar-refractivity contribution < 1.29 is 9.53 Å². The molecule has 0 aromatic heterocycles. The Morgan fingerprint density at radius 3 is 2.31 bits per heavy atom. The molecular weight excluding hydrogens is 164 g/mol. The molecule has 0 fully saturated rings. The molecule has 0 saturated heterocycles. The van der Waals surface area contributed by atoms with Gasteiger partial charge in [-0.15, -0.1) is 0 Å². The summed E-state index contributed by atoms with van der Waals surface area (Å²) in [6.07, 6.45) is 2.53. The molecule has 0 atom stereocenters. The number of allylic oxidation sites excluding steroid dienone is 3. The van der Waals surface area contributed by atoms with Gasteiger partial charge in [0.1, 0.15) is 5.76 Å². The molecule has 0 aliphatic heterocycles. The van der Waals surface area contributed by atoms with E-state index in [0.29, 0.717) is 11.3 Å². The first-order chi connectivity index (χ1) is 6.02. The molecule has 0 aromatic rings. The summed E-state index contributed by atoms with van der Waals surface area (Å²) in [6, 6.07) is 0. The first-order valence-corrected chi connectivity index (χ1v) is 4.16. The van der Waals surface area contributed by atoms with E-state index in [4.69, 9.17) is 4.74 Å². The van der Waals surface area contributed by atoms with Crippen LogP contribution >= 0.6 is 0 Å². The Morgan fingerprint density at radius 1 is 1.46 bits per heavy atom. The number of methoxy groups -OCH3 is 1. The Bertz CT molecular complexity index is 259. The zero-order valence-electron chi connectivity index (χ0n) is 8.52. The van der Waals surface area contributed by atoms with Crippen LogP contribution in [-0.4, -0.2) is 12.9 Å². The number of carbonyl (C=O) groups excluding carboxylic acids is 1. The Labute approximate surface area is 79.6 Å². The van der Waals surface area contributed by atoms with Gasteiger partial charge in [-0.2, -0.15) is 0 Å². The smallest absolute Gasteiger partial charge is 0.163 e. The summed E-state index contributed by atoms with van der Waals surface area (Å²) >= 11 is 0. The van der Waals surface area contributed by atoms with Crippen LogP contribution < -0.4 is 0 Å². The average molecular weight is 180 g/mol. The number of carbonyl (C=O) groups is 1. The lowest BCUT2D eigenvalue weighted by Crippen LogP contribution is -2.01. The van der Waals surface area contributed by atoms with Crippen LogP contribution in [0.25, 0.3) is 0 Å². The maximum Gasteiger partial charge on any atom is 0.163 e. The standard InChI is InChI=1S/C11H16O2/c1-6-8(2)7-11(9(3)12)10(4)13-5/h7H,2,4,6H2,1,3,5H3/b11-7-. The van der Waals surface area contributed by atoms with Gasteiger partial charge in [-0.3, -0.25) is 4.79 Å². The molecular formula is C11H16O2. The SMILES string of the molecule is C=C(/C=C(\C(=C)OC)C(C)=O)CC. The quantitative estimate of drug-likeness (QED) is 0.369. The van der Waals surface area contributed by atoms with Crippen molar-refractivity contribution in [2.75, 3.05) is 7.11 Å². The molecule has 0 N–H and O–H groups in total. The fourth-order valence-corrected chi connectivity index (χ4v) is 0.795. The average Bonchev–Trinajstić information content (AvgIpc) is 2.11. The molecule has 0 saturated carbocycles. The molecule has 0 aromatic carbocycles. The molecule has 0 spiro atoms. The molecule has 72 valence electrons. The van der Waals surface area contributed by atoms with E-state index < -0.39 is 0 Å². The lowest BCUT2D eigenvalue weighted by atomic mass is 10.1. The topological polar surface area (TPSA) is 26.3 Å². The predicted molar refractivity (Wildman–Crippen MR) is 54.3 cm³/mol. The highest BCUT2D eigenvalue weighted by atomic mass is 16.5. The van der Waals surface area contributed by atoms with E-state index in [1.54, 1.807) is 6.08 Å². The molecule has 2 heteroatoms. The van der Waals surface area contributed by atoms with Gasteiger partial charge >= 0.3 is 0 Å². The predicted octanol–water partition coefficient (Wildman–Crippen LogP) is 2.63. The van der Waals surface area contributed by atoms with Crippen molar-refractivity contribution in [3.8, 4) is 0 Å². The van der Waals surface area contributed by atoms with Crippen LogP contribution in [0.3, 0.4) is 0 Å². The van der Waals surface area contributed by atoms with Crippen LogP contribution in [0.15, 0.2) is 36.1 Å². The second kappa shape index (κ2) is 5.36. The van der Waals surface area contributed by atoms with E-state index in [9.17, 15) is 4.79 Å². The van der Waals surface area contributed by atoms with Crippen molar-refractivity contribution in [1.82, 2.24) is 0 Å². The highest BCUT2D eigenvalue weighted by molar-refractivity contribution is 5.97. The van der Waals surface area contributed by atoms with Crippen LogP contribution in [0.4, 0.5) is 0 Å². The molecule has 0 heterocycles. The normalized spacial score (nSPS) is 10.8. The summed E-state index contributed by atoms with van der Waals surface area (Å²) in [5.41, 5.74) is 1.39. The number of Topliss-reactive ketones (excluding diaryl/α,β-unsaturated/α-hetero) is 1. The van der Waals surface area contributed by atoms with Crippen molar-refractivity contribution in [3.63, 3.8) is 0 Å². The molecule has 0 amide bonds. The van der Waals surface area contributed by atoms with E-state index in [0.717, 1.165) is 12.0 Å². The van der Waals surface area contributed by atoms with Gasteiger partial charge in [-0.25, -0.2) is 0 Å². The summed E-state index contributed by atoms with van der Waals surface area (Å²) in [5.74, 6) is 0.337. The van der Waals surface area contributed by atoms with Crippen LogP contribution in [0, 0.1) is 0 Å². The monoisotopic (exact) mass is 180 g/mol. The van der Waals surface area contributed by atoms with Gasteiger partial charge in [0.25, 0.3) is 0 Å². The first-order valence-electron chi connectivity index (χ1n) is 4.16. The number of ether oxygens (including phenoxy) is 1. The van der Waals surface area contributed by atoms with E-state index in [1.807, 2.05) is 6.92 Å². The van der Waals surface area contributed by atoms with E-state index in [1.165, 1.54) is 14.0 Å². The van der Waals surface area contributed by atoms with Gasteiger partial charge in [0.05, 0.1) is 12.7 Å². The van der Waals surface area contributed by atoms with Gasteiger partial charge in [-0.05, 0) is 19.4 Å². The molecule has 0 aliphatic carbocycles. The lowest BCUT2D eigenvalue weighted by molar-refractivity contribution is -0.113. The second-order valence-electron chi connectivity index (χ2n) is 2.75. The number of ketones is 1. The molecule has 0 rings (SSSR count). The summed E-state index contributed by atoms with van der Waals surface area (Å²) in [6.45, 7) is 10.9. The Morgan fingerprint density at radius 2 is 2.00 bits per heavy atom. The molecule has 0 aliphatic rings. The van der Waals surface area contributed by atoms with Crippen molar-refractivity contribution in [2.24, 2.45) is 0 Å². The van der Waals surface area contributed by atoms with Crippen molar-refractivity contribution >= 4 is 5.78 Å². The highest BCUT2D eigenvalue weighted by Gasteiger charge is 2.08. The fraction of sp³-hybridized carbons (Fsp3) is 0.364. The molecule has 0 unspecified atom stereocenters. The van der Waals surface area contributed by atoms with Crippen molar-refractivity contribution in [2.45, 2.75) is 20.3 Å². The lowest BCUT2D eigenvalue weighted by Gasteiger charge is -2.06. The maximum absolute atomic E-state index is 11.1. The van der Waals surface area contributed by atoms with Gasteiger partial charge in [0.2, 0.25) is 0 Å². The number of hydrogen-bond acceptors (Lipinski definition) is 2.